The molecule has 2 N–H and O–H groups in total. The number of anilines is 1. The van der Waals surface area contributed by atoms with Crippen molar-refractivity contribution >= 4 is 30.4 Å². The fraction of sp³-hybridized carbons (Fsp3) is 0.182. The molecule has 1 aliphatic rings. The van der Waals surface area contributed by atoms with Crippen LogP contribution in [0, 0.1) is 11.3 Å². The molecule has 0 atom stereocenters. The first-order valence-electron chi connectivity index (χ1n) is 9.12. The van der Waals surface area contributed by atoms with Crippen molar-refractivity contribution in [2.45, 2.75) is 0 Å². The molecule has 1 saturated heterocycles. The van der Waals surface area contributed by atoms with E-state index in [0.29, 0.717) is 5.56 Å². The lowest BCUT2D eigenvalue weighted by atomic mass is 10.1. The van der Waals surface area contributed by atoms with Gasteiger partial charge in [0.1, 0.15) is 11.9 Å². The molecule has 0 aliphatic carbocycles. The number of benzene rings is 1. The third kappa shape index (κ3) is 4.42. The van der Waals surface area contributed by atoms with Crippen LogP contribution in [-0.4, -0.2) is 36.1 Å². The molecule has 1 aromatic carbocycles. The van der Waals surface area contributed by atoms with Gasteiger partial charge in [-0.3, -0.25) is 4.98 Å². The number of piperazine rings is 1. The Morgan fingerprint density at radius 1 is 1.04 bits per heavy atom. The number of halogens is 1. The molecule has 6 heteroatoms. The van der Waals surface area contributed by atoms with E-state index in [1.54, 1.807) is 6.20 Å². The van der Waals surface area contributed by atoms with Crippen LogP contribution in [0.2, 0.25) is 0 Å². The minimum atomic E-state index is 0. The molecular formula is C22H22ClN5. The average Bonchev–Trinajstić information content (AvgIpc) is 3.18. The summed E-state index contributed by atoms with van der Waals surface area (Å²) < 4.78 is 0. The number of rotatable bonds is 4. The zero-order valence-electron chi connectivity index (χ0n) is 15.4. The normalized spacial score (nSPS) is 13.9. The Labute approximate surface area is 171 Å². The average molecular weight is 392 g/mol. The molecule has 0 amide bonds. The summed E-state index contributed by atoms with van der Waals surface area (Å²) in [5, 5.41) is 12.9. The van der Waals surface area contributed by atoms with Gasteiger partial charge in [-0.05, 0) is 29.8 Å². The Balaban J connectivity index is 0.00000225. The summed E-state index contributed by atoms with van der Waals surface area (Å²) in [5.74, 6) is 0.909. The molecule has 142 valence electrons. The summed E-state index contributed by atoms with van der Waals surface area (Å²) in [4.78, 5) is 10.1. The molecule has 5 nitrogen and oxygen atoms in total. The van der Waals surface area contributed by atoms with Crippen molar-refractivity contribution in [1.82, 2.24) is 15.3 Å². The number of H-pyrrole nitrogens is 1. The number of aromatic amines is 1. The van der Waals surface area contributed by atoms with E-state index in [1.807, 2.05) is 48.6 Å². The number of nitrogens with one attached hydrogen (secondary N) is 2. The summed E-state index contributed by atoms with van der Waals surface area (Å²) in [6.07, 6.45) is 5.86. The van der Waals surface area contributed by atoms with Crippen LogP contribution in [0.5, 0.6) is 0 Å². The zero-order chi connectivity index (χ0) is 18.5. The summed E-state index contributed by atoms with van der Waals surface area (Å²) in [6.45, 7) is 3.66. The van der Waals surface area contributed by atoms with Crippen LogP contribution in [0.3, 0.4) is 0 Å². The third-order valence-electron chi connectivity index (χ3n) is 4.69. The molecule has 0 unspecified atom stereocenters. The Hall–Kier alpha value is -3.07. The van der Waals surface area contributed by atoms with Gasteiger partial charge < -0.3 is 15.2 Å². The van der Waals surface area contributed by atoms with Gasteiger partial charge in [0.25, 0.3) is 0 Å². The van der Waals surface area contributed by atoms with Gasteiger partial charge in [0.15, 0.2) is 0 Å². The number of pyridine rings is 1. The number of hydrogen-bond donors (Lipinski definition) is 2. The smallest absolute Gasteiger partial charge is 0.124 e. The van der Waals surface area contributed by atoms with E-state index in [0.717, 1.165) is 54.5 Å². The number of nitrogens with zero attached hydrogens (tertiary/aromatic N) is 3. The number of nitriles is 1. The molecule has 4 rings (SSSR count). The topological polar surface area (TPSA) is 67.7 Å². The highest BCUT2D eigenvalue weighted by molar-refractivity contribution is 5.85. The van der Waals surface area contributed by atoms with Crippen LogP contribution in [-0.2, 0) is 0 Å². The van der Waals surface area contributed by atoms with E-state index < -0.39 is 0 Å². The first-order valence-corrected chi connectivity index (χ1v) is 9.12. The summed E-state index contributed by atoms with van der Waals surface area (Å²) in [5.41, 5.74) is 4.67. The highest BCUT2D eigenvalue weighted by atomic mass is 35.5. The SMILES string of the molecule is Cl.N#Cc1cc(-c2ccnc(/C=C/c3ccccc3)c2)[nH]c1N1CCNCC1. The highest BCUT2D eigenvalue weighted by Gasteiger charge is 2.17. The second kappa shape index (κ2) is 9.23. The third-order valence-corrected chi connectivity index (χ3v) is 4.69. The molecule has 0 radical (unpaired) electrons. The van der Waals surface area contributed by atoms with Gasteiger partial charge in [-0.25, -0.2) is 0 Å². The van der Waals surface area contributed by atoms with Gasteiger partial charge >= 0.3 is 0 Å². The molecule has 3 heterocycles. The van der Waals surface area contributed by atoms with Crippen molar-refractivity contribution in [3.63, 3.8) is 0 Å². The Morgan fingerprint density at radius 3 is 2.57 bits per heavy atom. The molecule has 1 aliphatic heterocycles. The highest BCUT2D eigenvalue weighted by Crippen LogP contribution is 2.28. The maximum absolute atomic E-state index is 9.54. The summed E-state index contributed by atoms with van der Waals surface area (Å²) >= 11 is 0. The second-order valence-electron chi connectivity index (χ2n) is 6.51. The molecule has 3 aromatic rings. The molecule has 0 spiro atoms. The van der Waals surface area contributed by atoms with E-state index in [1.165, 1.54) is 0 Å². The quantitative estimate of drug-likeness (QED) is 0.706. The monoisotopic (exact) mass is 391 g/mol. The van der Waals surface area contributed by atoms with E-state index >= 15 is 0 Å². The van der Waals surface area contributed by atoms with Gasteiger partial charge in [0.2, 0.25) is 0 Å². The van der Waals surface area contributed by atoms with E-state index in [-0.39, 0.29) is 12.4 Å². The minimum absolute atomic E-state index is 0. The van der Waals surface area contributed by atoms with Crippen molar-refractivity contribution < 1.29 is 0 Å². The van der Waals surface area contributed by atoms with E-state index in [2.05, 4.69) is 38.4 Å². The Kier molecular flexibility index (Phi) is 6.49. The first-order chi connectivity index (χ1) is 13.3. The van der Waals surface area contributed by atoms with Crippen molar-refractivity contribution in [3.8, 4) is 17.3 Å². The molecule has 0 bridgehead atoms. The lowest BCUT2D eigenvalue weighted by molar-refractivity contribution is 0.585. The lowest BCUT2D eigenvalue weighted by Crippen LogP contribution is -2.44. The number of hydrogen-bond acceptors (Lipinski definition) is 4. The Morgan fingerprint density at radius 2 is 1.82 bits per heavy atom. The van der Waals surface area contributed by atoms with Crippen molar-refractivity contribution in [1.29, 1.82) is 5.26 Å². The van der Waals surface area contributed by atoms with Crippen LogP contribution in [0.25, 0.3) is 23.4 Å². The van der Waals surface area contributed by atoms with Crippen LogP contribution in [0.15, 0.2) is 54.7 Å². The van der Waals surface area contributed by atoms with Crippen LogP contribution in [0.4, 0.5) is 5.82 Å². The fourth-order valence-corrected chi connectivity index (χ4v) is 3.28. The fourth-order valence-electron chi connectivity index (χ4n) is 3.28. The van der Waals surface area contributed by atoms with Gasteiger partial charge in [-0.15, -0.1) is 12.4 Å². The predicted molar refractivity (Wildman–Crippen MR) is 116 cm³/mol. The van der Waals surface area contributed by atoms with Gasteiger partial charge in [0, 0.05) is 43.6 Å². The predicted octanol–water partition coefficient (Wildman–Crippen LogP) is 3.95. The van der Waals surface area contributed by atoms with E-state index in [4.69, 9.17) is 0 Å². The molecule has 0 saturated carbocycles. The maximum atomic E-state index is 9.54. The van der Waals surface area contributed by atoms with Crippen LogP contribution >= 0.6 is 12.4 Å². The first kappa shape index (κ1) is 19.7. The van der Waals surface area contributed by atoms with E-state index in [9.17, 15) is 5.26 Å². The lowest BCUT2D eigenvalue weighted by Gasteiger charge is -2.28. The number of aromatic nitrogens is 2. The maximum Gasteiger partial charge on any atom is 0.124 e. The standard InChI is InChI=1S/C22H21N5.ClH/c23-16-19-15-21(26-22(19)27-12-10-24-11-13-27)18-8-9-25-20(14-18)7-6-17-4-2-1-3-5-17;/h1-9,14-15,24,26H,10-13H2;1H/b7-6+;. The molecular weight excluding hydrogens is 370 g/mol. The minimum Gasteiger partial charge on any atom is -0.355 e. The second-order valence-corrected chi connectivity index (χ2v) is 6.51. The molecule has 28 heavy (non-hydrogen) atoms. The molecule has 1 fully saturated rings. The van der Waals surface area contributed by atoms with Crippen LogP contribution < -0.4 is 10.2 Å². The van der Waals surface area contributed by atoms with Gasteiger partial charge in [-0.1, -0.05) is 36.4 Å². The van der Waals surface area contributed by atoms with Gasteiger partial charge in [-0.2, -0.15) is 5.26 Å². The van der Waals surface area contributed by atoms with Crippen LogP contribution in [0.1, 0.15) is 16.8 Å². The van der Waals surface area contributed by atoms with Crippen molar-refractivity contribution in [2.24, 2.45) is 0 Å². The van der Waals surface area contributed by atoms with Gasteiger partial charge in [0.05, 0.1) is 11.3 Å². The summed E-state index contributed by atoms with van der Waals surface area (Å²) in [6, 6.07) is 18.4. The zero-order valence-corrected chi connectivity index (χ0v) is 16.2. The largest absolute Gasteiger partial charge is 0.355 e. The Bertz CT molecular complexity index is 982. The van der Waals surface area contributed by atoms with Crippen molar-refractivity contribution in [3.05, 3.63) is 71.5 Å². The van der Waals surface area contributed by atoms with Crippen molar-refractivity contribution in [2.75, 3.05) is 31.1 Å². The molecule has 2 aromatic heterocycles. The summed E-state index contributed by atoms with van der Waals surface area (Å²) in [7, 11) is 0.